The molecule has 2 aromatic rings. The third-order valence-electron chi connectivity index (χ3n) is 4.68. The van der Waals surface area contributed by atoms with Crippen LogP contribution in [0.4, 0.5) is 4.79 Å². The monoisotopic (exact) mass is 402 g/mol. The van der Waals surface area contributed by atoms with Gasteiger partial charge in [-0.2, -0.15) is 0 Å². The lowest BCUT2D eigenvalue weighted by molar-refractivity contribution is 0.0476. The van der Waals surface area contributed by atoms with Crippen molar-refractivity contribution in [1.82, 2.24) is 20.2 Å². The lowest BCUT2D eigenvalue weighted by atomic mass is 10.1. The first kappa shape index (κ1) is 21.1. The number of methoxy groups -OCH3 is 1. The molecule has 1 saturated heterocycles. The molecule has 0 spiro atoms. The Hall–Kier alpha value is -2.61. The maximum atomic E-state index is 11.9. The molecule has 0 saturated carbocycles. The third kappa shape index (κ3) is 6.45. The summed E-state index contributed by atoms with van der Waals surface area (Å²) in [5, 5.41) is 2.96. The molecule has 29 heavy (non-hydrogen) atoms. The molecule has 0 aromatic carbocycles. The van der Waals surface area contributed by atoms with Crippen LogP contribution in [0.15, 0.2) is 24.4 Å². The van der Waals surface area contributed by atoms with Gasteiger partial charge in [0.1, 0.15) is 18.0 Å². The van der Waals surface area contributed by atoms with Crippen LogP contribution in [0.1, 0.15) is 33.6 Å². The minimum atomic E-state index is -0.472. The second-order valence-electron chi connectivity index (χ2n) is 8.17. The molecule has 0 unspecified atom stereocenters. The lowest BCUT2D eigenvalue weighted by Crippen LogP contribution is -2.46. The Morgan fingerprint density at radius 1 is 1.24 bits per heavy atom. The minimum Gasteiger partial charge on any atom is -0.491 e. The van der Waals surface area contributed by atoms with E-state index >= 15 is 0 Å². The number of amides is 1. The summed E-state index contributed by atoms with van der Waals surface area (Å²) < 4.78 is 16.3. The van der Waals surface area contributed by atoms with Crippen LogP contribution in [-0.2, 0) is 4.74 Å². The Bertz CT molecular complexity index is 829. The van der Waals surface area contributed by atoms with Gasteiger partial charge in [0.25, 0.3) is 0 Å². The first-order chi connectivity index (χ1) is 13.8. The van der Waals surface area contributed by atoms with Gasteiger partial charge < -0.3 is 19.5 Å². The Kier molecular flexibility index (Phi) is 6.74. The van der Waals surface area contributed by atoms with Gasteiger partial charge in [-0.3, -0.25) is 9.88 Å². The lowest BCUT2D eigenvalue weighted by Gasteiger charge is -2.32. The Morgan fingerprint density at radius 3 is 2.69 bits per heavy atom. The number of piperidine rings is 1. The Labute approximate surface area is 171 Å². The zero-order valence-electron chi connectivity index (χ0n) is 17.6. The van der Waals surface area contributed by atoms with E-state index < -0.39 is 5.60 Å². The van der Waals surface area contributed by atoms with Crippen molar-refractivity contribution in [3.8, 4) is 11.6 Å². The molecule has 8 nitrogen and oxygen atoms in total. The van der Waals surface area contributed by atoms with Crippen LogP contribution in [-0.4, -0.2) is 66.0 Å². The van der Waals surface area contributed by atoms with E-state index in [1.165, 1.54) is 0 Å². The molecule has 0 aliphatic carbocycles. The van der Waals surface area contributed by atoms with E-state index in [9.17, 15) is 4.79 Å². The Balaban J connectivity index is 1.40. The highest BCUT2D eigenvalue weighted by molar-refractivity contribution is 5.75. The third-order valence-corrected chi connectivity index (χ3v) is 4.68. The van der Waals surface area contributed by atoms with Crippen LogP contribution in [0.2, 0.25) is 0 Å². The highest BCUT2D eigenvalue weighted by Gasteiger charge is 2.23. The largest absolute Gasteiger partial charge is 0.491 e. The quantitative estimate of drug-likeness (QED) is 0.795. The number of nitrogens with zero attached hydrogens (tertiary/aromatic N) is 3. The molecule has 2 aromatic heterocycles. The van der Waals surface area contributed by atoms with Gasteiger partial charge in [-0.15, -0.1) is 0 Å². The summed E-state index contributed by atoms with van der Waals surface area (Å²) >= 11 is 0. The summed E-state index contributed by atoms with van der Waals surface area (Å²) in [5.74, 6) is 1.25. The van der Waals surface area contributed by atoms with E-state index in [4.69, 9.17) is 14.2 Å². The van der Waals surface area contributed by atoms with Gasteiger partial charge in [-0.05, 0) is 39.7 Å². The molecule has 3 rings (SSSR count). The van der Waals surface area contributed by atoms with Crippen molar-refractivity contribution in [2.75, 3.05) is 33.4 Å². The second-order valence-corrected chi connectivity index (χ2v) is 8.17. The van der Waals surface area contributed by atoms with Crippen molar-refractivity contribution in [2.45, 2.75) is 45.3 Å². The normalized spacial score (nSPS) is 15.9. The van der Waals surface area contributed by atoms with Crippen LogP contribution in [0.3, 0.4) is 0 Å². The first-order valence-electron chi connectivity index (χ1n) is 9.98. The molecule has 0 atom stereocenters. The fraction of sp³-hybridized carbons (Fsp3) is 0.571. The maximum Gasteiger partial charge on any atom is 0.407 e. The molecule has 0 bridgehead atoms. The number of alkyl carbamates (subject to hydrolysis) is 1. The van der Waals surface area contributed by atoms with Crippen LogP contribution in [0, 0.1) is 0 Å². The van der Waals surface area contributed by atoms with Gasteiger partial charge in [0.15, 0.2) is 0 Å². The number of fused-ring (bicyclic) bond motifs is 1. The fourth-order valence-corrected chi connectivity index (χ4v) is 3.23. The van der Waals surface area contributed by atoms with Gasteiger partial charge in [-0.1, -0.05) is 0 Å². The van der Waals surface area contributed by atoms with E-state index in [0.717, 1.165) is 43.5 Å². The van der Waals surface area contributed by atoms with Crippen molar-refractivity contribution >= 4 is 17.1 Å². The number of ether oxygens (including phenoxy) is 3. The molecule has 158 valence electrons. The van der Waals surface area contributed by atoms with Gasteiger partial charge in [0.2, 0.25) is 5.88 Å². The molecule has 1 aliphatic heterocycles. The topological polar surface area (TPSA) is 85.8 Å². The zero-order valence-corrected chi connectivity index (χ0v) is 17.6. The summed E-state index contributed by atoms with van der Waals surface area (Å²) in [5.41, 5.74) is 1.08. The maximum absolute atomic E-state index is 11.9. The number of pyridine rings is 2. The van der Waals surface area contributed by atoms with Gasteiger partial charge in [-0.25, -0.2) is 9.78 Å². The number of nitrogens with one attached hydrogen (secondary N) is 1. The molecule has 1 aliphatic rings. The van der Waals surface area contributed by atoms with Crippen molar-refractivity contribution in [1.29, 1.82) is 0 Å². The number of rotatable bonds is 6. The molecule has 1 N–H and O–H groups in total. The van der Waals surface area contributed by atoms with Crippen molar-refractivity contribution in [3.05, 3.63) is 24.4 Å². The van der Waals surface area contributed by atoms with Crippen LogP contribution >= 0.6 is 0 Å². The molecule has 1 amide bonds. The van der Waals surface area contributed by atoms with Gasteiger partial charge in [0.05, 0.1) is 24.3 Å². The number of carbonyl (C=O) groups excluding carboxylic acids is 1. The standard InChI is InChI=1S/C21H30N4O4/c1-21(2,3)29-20(26)23-15-7-9-25(10-8-15)11-12-28-16-13-18-17(22-14-16)5-6-19(24-18)27-4/h5-6,13-15H,7-12H2,1-4H3,(H,23,26). The number of likely N-dealkylation sites (tertiary alicyclic amines) is 1. The number of hydrogen-bond donors (Lipinski definition) is 1. The average molecular weight is 402 g/mol. The SMILES string of the molecule is COc1ccc2ncc(OCCN3CCC(NC(=O)OC(C)(C)C)CC3)cc2n1. The van der Waals surface area contributed by atoms with E-state index in [2.05, 4.69) is 20.2 Å². The van der Waals surface area contributed by atoms with Gasteiger partial charge >= 0.3 is 6.09 Å². The van der Waals surface area contributed by atoms with E-state index in [1.807, 2.05) is 32.9 Å². The summed E-state index contributed by atoms with van der Waals surface area (Å²) in [6.45, 7) is 8.83. The Morgan fingerprint density at radius 2 is 2.00 bits per heavy atom. The highest BCUT2D eigenvalue weighted by Crippen LogP contribution is 2.19. The minimum absolute atomic E-state index is 0.160. The predicted molar refractivity (Wildman–Crippen MR) is 110 cm³/mol. The number of hydrogen-bond acceptors (Lipinski definition) is 7. The average Bonchev–Trinajstić information content (AvgIpc) is 2.67. The van der Waals surface area contributed by atoms with E-state index in [0.29, 0.717) is 18.2 Å². The van der Waals surface area contributed by atoms with Crippen LogP contribution in [0.5, 0.6) is 11.6 Å². The first-order valence-corrected chi connectivity index (χ1v) is 9.98. The summed E-state index contributed by atoms with van der Waals surface area (Å²) in [6, 6.07) is 5.70. The smallest absolute Gasteiger partial charge is 0.407 e. The van der Waals surface area contributed by atoms with Crippen LogP contribution < -0.4 is 14.8 Å². The van der Waals surface area contributed by atoms with Crippen molar-refractivity contribution in [3.63, 3.8) is 0 Å². The molecule has 3 heterocycles. The molecular weight excluding hydrogens is 372 g/mol. The number of aromatic nitrogens is 2. The zero-order chi connectivity index (χ0) is 20.9. The van der Waals surface area contributed by atoms with E-state index in [1.54, 1.807) is 19.4 Å². The molecule has 1 fully saturated rings. The van der Waals surface area contributed by atoms with Gasteiger partial charge in [0, 0.05) is 37.8 Å². The highest BCUT2D eigenvalue weighted by atomic mass is 16.6. The fourth-order valence-electron chi connectivity index (χ4n) is 3.23. The summed E-state index contributed by atoms with van der Waals surface area (Å²) in [6.07, 6.45) is 3.18. The van der Waals surface area contributed by atoms with Crippen LogP contribution in [0.25, 0.3) is 11.0 Å². The van der Waals surface area contributed by atoms with Crippen molar-refractivity contribution < 1.29 is 19.0 Å². The van der Waals surface area contributed by atoms with E-state index in [-0.39, 0.29) is 12.1 Å². The summed E-state index contributed by atoms with van der Waals surface area (Å²) in [4.78, 5) is 23.0. The molecular formula is C21H30N4O4. The molecule has 0 radical (unpaired) electrons. The number of carbonyl (C=O) groups is 1. The molecule has 8 heteroatoms. The summed E-state index contributed by atoms with van der Waals surface area (Å²) in [7, 11) is 1.59. The predicted octanol–water partition coefficient (Wildman–Crippen LogP) is 3.01. The second kappa shape index (κ2) is 9.26. The van der Waals surface area contributed by atoms with Crippen molar-refractivity contribution in [2.24, 2.45) is 0 Å².